The second-order valence-corrected chi connectivity index (χ2v) is 17.8. The molecule has 3 aromatic rings. The fraction of sp³-hybridized carbons (Fsp3) is 0.596. The van der Waals surface area contributed by atoms with E-state index in [-0.39, 0.29) is 24.4 Å². The van der Waals surface area contributed by atoms with Gasteiger partial charge in [0, 0.05) is 49.7 Å². The van der Waals surface area contributed by atoms with Crippen LogP contribution in [0.1, 0.15) is 146 Å². The van der Waals surface area contributed by atoms with Crippen LogP contribution in [0, 0.1) is 10.8 Å². The Hall–Kier alpha value is -4.41. The zero-order valence-corrected chi connectivity index (χ0v) is 38.5. The van der Waals surface area contributed by atoms with Gasteiger partial charge in [-0.3, -0.25) is 14.4 Å². The summed E-state index contributed by atoms with van der Waals surface area (Å²) in [6.07, 6.45) is 17.6. The Labute approximate surface area is 372 Å². The van der Waals surface area contributed by atoms with Crippen molar-refractivity contribution in [3.05, 3.63) is 95.6 Å². The quantitative estimate of drug-likeness (QED) is 0.0386. The molecular weight excluding hydrogens is 781 g/mol. The van der Waals surface area contributed by atoms with Gasteiger partial charge in [0.2, 0.25) is 11.8 Å². The van der Waals surface area contributed by atoms with E-state index in [1.807, 2.05) is 71.6 Å². The van der Waals surface area contributed by atoms with Gasteiger partial charge in [0.15, 0.2) is 0 Å². The summed E-state index contributed by atoms with van der Waals surface area (Å²) in [5.41, 5.74) is 0.711. The van der Waals surface area contributed by atoms with E-state index in [1.165, 1.54) is 39.2 Å². The molecule has 0 aliphatic carbocycles. The van der Waals surface area contributed by atoms with Crippen molar-refractivity contribution in [2.75, 3.05) is 54.2 Å². The summed E-state index contributed by atoms with van der Waals surface area (Å²) in [5, 5.41) is 14.0. The smallest absolute Gasteiger partial charge is 0.305 e. The highest BCUT2D eigenvalue weighted by Gasteiger charge is 2.54. The van der Waals surface area contributed by atoms with E-state index in [1.54, 1.807) is 14.2 Å². The molecule has 2 atom stereocenters. The Morgan fingerprint density at radius 3 is 1.55 bits per heavy atom. The number of ether oxygens (including phenoxy) is 4. The third kappa shape index (κ3) is 14.6. The number of aliphatic hydroxyl groups is 1. The number of likely N-dealkylation sites (tertiary alicyclic amines) is 1. The summed E-state index contributed by atoms with van der Waals surface area (Å²) < 4.78 is 23.0. The average Bonchev–Trinajstić information content (AvgIpc) is 3.58. The van der Waals surface area contributed by atoms with Crippen molar-refractivity contribution in [2.24, 2.45) is 10.8 Å². The lowest BCUT2D eigenvalue weighted by Crippen LogP contribution is -2.46. The summed E-state index contributed by atoms with van der Waals surface area (Å²) in [6.45, 7) is 6.14. The zero-order chi connectivity index (χ0) is 44.7. The van der Waals surface area contributed by atoms with Crippen molar-refractivity contribution >= 4 is 17.8 Å². The first kappa shape index (κ1) is 50.2. The molecule has 0 aromatic heterocycles. The Bertz CT molecular complexity index is 1700. The standard InChI is InChI=1S/C52H76N2O8/c1-50(40-55)38-54(48(57)27-21-14-11-10-13-20-26-47(56)53-37-23-16-12-8-6-7-9-15-22-28-49(58)61-5)39-51(50,2)41-62-52(42-24-18-17-19-25-42,43-29-33-45(59-3)34-30-43)44-31-35-46(60-4)36-32-44/h17-19,24-25,29-36,55H,6-16,20-23,26-28,37-41H2,1-5H3,(H,53,56)/t50-,51+/m0/s1. The Balaban J connectivity index is 1.19. The lowest BCUT2D eigenvalue weighted by molar-refractivity contribution is -0.140. The lowest BCUT2D eigenvalue weighted by Gasteiger charge is -2.43. The normalized spacial score (nSPS) is 17.5. The van der Waals surface area contributed by atoms with Gasteiger partial charge in [-0.15, -0.1) is 0 Å². The molecule has 2 N–H and O–H groups in total. The molecule has 2 amide bonds. The van der Waals surface area contributed by atoms with Gasteiger partial charge in [0.05, 0.1) is 34.5 Å². The van der Waals surface area contributed by atoms with Gasteiger partial charge in [0.25, 0.3) is 0 Å². The molecule has 62 heavy (non-hydrogen) atoms. The largest absolute Gasteiger partial charge is 0.497 e. The molecule has 4 rings (SSSR count). The molecule has 0 bridgehead atoms. The number of nitrogens with one attached hydrogen (secondary N) is 1. The number of hydrogen-bond acceptors (Lipinski definition) is 8. The zero-order valence-electron chi connectivity index (χ0n) is 38.5. The van der Waals surface area contributed by atoms with Crippen LogP contribution in [0.3, 0.4) is 0 Å². The lowest BCUT2D eigenvalue weighted by atomic mass is 9.68. The number of rotatable bonds is 30. The van der Waals surface area contributed by atoms with E-state index in [4.69, 9.17) is 14.2 Å². The van der Waals surface area contributed by atoms with Crippen molar-refractivity contribution in [3.63, 3.8) is 0 Å². The van der Waals surface area contributed by atoms with Gasteiger partial charge in [-0.05, 0) is 66.6 Å². The van der Waals surface area contributed by atoms with Gasteiger partial charge >= 0.3 is 5.97 Å². The van der Waals surface area contributed by atoms with Gasteiger partial charge in [-0.2, -0.15) is 0 Å². The number of amides is 2. The Kier molecular flexibility index (Phi) is 21.3. The van der Waals surface area contributed by atoms with Gasteiger partial charge in [-0.25, -0.2) is 0 Å². The molecule has 0 spiro atoms. The van der Waals surface area contributed by atoms with Crippen LogP contribution < -0.4 is 14.8 Å². The minimum atomic E-state index is -1.00. The molecule has 0 radical (unpaired) electrons. The van der Waals surface area contributed by atoms with Crippen LogP contribution >= 0.6 is 0 Å². The monoisotopic (exact) mass is 857 g/mol. The molecule has 0 unspecified atom stereocenters. The number of aliphatic hydroxyl groups excluding tert-OH is 1. The third-order valence-electron chi connectivity index (χ3n) is 13.2. The molecule has 1 fully saturated rings. The number of carbonyl (C=O) groups is 3. The van der Waals surface area contributed by atoms with Crippen LogP contribution in [0.5, 0.6) is 11.5 Å². The van der Waals surface area contributed by atoms with Crippen molar-refractivity contribution in [1.29, 1.82) is 0 Å². The third-order valence-corrected chi connectivity index (χ3v) is 13.2. The van der Waals surface area contributed by atoms with Crippen LogP contribution in [-0.4, -0.2) is 82.0 Å². The molecule has 0 saturated carbocycles. The predicted octanol–water partition coefficient (Wildman–Crippen LogP) is 10.2. The Morgan fingerprint density at radius 1 is 0.597 bits per heavy atom. The first-order chi connectivity index (χ1) is 30.0. The first-order valence-electron chi connectivity index (χ1n) is 23.2. The molecule has 1 aliphatic rings. The molecule has 1 saturated heterocycles. The minimum absolute atomic E-state index is 0.0679. The highest BCUT2D eigenvalue weighted by Crippen LogP contribution is 2.49. The summed E-state index contributed by atoms with van der Waals surface area (Å²) in [6, 6.07) is 26.1. The molecule has 1 aliphatic heterocycles. The first-order valence-corrected chi connectivity index (χ1v) is 23.2. The fourth-order valence-corrected chi connectivity index (χ4v) is 8.74. The molecule has 10 nitrogen and oxygen atoms in total. The summed E-state index contributed by atoms with van der Waals surface area (Å²) in [4.78, 5) is 39.1. The van der Waals surface area contributed by atoms with E-state index in [0.29, 0.717) is 39.0 Å². The van der Waals surface area contributed by atoms with Gasteiger partial charge < -0.3 is 34.3 Å². The van der Waals surface area contributed by atoms with Crippen LogP contribution in [0.15, 0.2) is 78.9 Å². The number of hydrogen-bond donors (Lipinski definition) is 2. The molecule has 3 aromatic carbocycles. The fourth-order valence-electron chi connectivity index (χ4n) is 8.74. The number of methoxy groups -OCH3 is 3. The summed E-state index contributed by atoms with van der Waals surface area (Å²) in [5.74, 6) is 1.64. The van der Waals surface area contributed by atoms with Crippen LogP contribution in [0.4, 0.5) is 0 Å². The maximum atomic E-state index is 13.7. The molecule has 1 heterocycles. The number of carbonyl (C=O) groups excluding carboxylic acids is 3. The predicted molar refractivity (Wildman–Crippen MR) is 246 cm³/mol. The average molecular weight is 857 g/mol. The number of esters is 1. The van der Waals surface area contributed by atoms with Crippen molar-refractivity contribution in [2.45, 2.75) is 135 Å². The topological polar surface area (TPSA) is 124 Å². The van der Waals surface area contributed by atoms with E-state index in [9.17, 15) is 19.5 Å². The van der Waals surface area contributed by atoms with Crippen LogP contribution in [0.2, 0.25) is 0 Å². The van der Waals surface area contributed by atoms with Crippen LogP contribution in [-0.2, 0) is 29.5 Å². The SMILES string of the molecule is COC(=O)CCCCCCCCCCCNC(=O)CCCCCCCCC(=O)N1C[C@](C)(COC(c2ccccc2)(c2ccc(OC)cc2)c2ccc(OC)cc2)[C@](C)(CO)C1. The van der Waals surface area contributed by atoms with Crippen molar-refractivity contribution in [1.82, 2.24) is 10.2 Å². The summed E-state index contributed by atoms with van der Waals surface area (Å²) in [7, 11) is 4.75. The van der Waals surface area contributed by atoms with E-state index in [0.717, 1.165) is 98.9 Å². The van der Waals surface area contributed by atoms with Crippen LogP contribution in [0.25, 0.3) is 0 Å². The van der Waals surface area contributed by atoms with Crippen molar-refractivity contribution < 1.29 is 38.4 Å². The molecular formula is C52H76N2O8. The Morgan fingerprint density at radius 2 is 1.05 bits per heavy atom. The number of nitrogens with zero attached hydrogens (tertiary/aromatic N) is 1. The maximum absolute atomic E-state index is 13.7. The highest BCUT2D eigenvalue weighted by molar-refractivity contribution is 5.77. The molecule has 342 valence electrons. The second kappa shape index (κ2) is 26.3. The summed E-state index contributed by atoms with van der Waals surface area (Å²) >= 11 is 0. The maximum Gasteiger partial charge on any atom is 0.305 e. The minimum Gasteiger partial charge on any atom is -0.497 e. The van der Waals surface area contributed by atoms with Gasteiger partial charge in [-0.1, -0.05) is 139 Å². The van der Waals surface area contributed by atoms with E-state index >= 15 is 0 Å². The number of benzene rings is 3. The number of unbranched alkanes of at least 4 members (excludes halogenated alkanes) is 13. The van der Waals surface area contributed by atoms with Gasteiger partial charge in [0.1, 0.15) is 17.1 Å². The second-order valence-electron chi connectivity index (χ2n) is 17.8. The van der Waals surface area contributed by atoms with E-state index < -0.39 is 16.4 Å². The highest BCUT2D eigenvalue weighted by atomic mass is 16.5. The van der Waals surface area contributed by atoms with E-state index in [2.05, 4.69) is 36.0 Å². The molecule has 10 heteroatoms. The van der Waals surface area contributed by atoms with Crippen molar-refractivity contribution in [3.8, 4) is 11.5 Å².